The fourth-order valence-corrected chi connectivity index (χ4v) is 1.15. The number of rotatable bonds is 0. The van der Waals surface area contributed by atoms with Crippen molar-refractivity contribution >= 4 is 24.6 Å². The van der Waals surface area contributed by atoms with Crippen LogP contribution in [-0.2, 0) is 4.79 Å². The number of hydrazine groups is 1. The average Bonchev–Trinajstić information content (AvgIpc) is 2.23. The van der Waals surface area contributed by atoms with Crippen molar-refractivity contribution in [3.05, 3.63) is 28.2 Å². The van der Waals surface area contributed by atoms with Crippen LogP contribution in [-0.4, -0.2) is 16.5 Å². The highest BCUT2D eigenvalue weighted by molar-refractivity contribution is 7.80. The Bertz CT molecular complexity index is 495. The predicted octanol–water partition coefficient (Wildman–Crippen LogP) is 0.0542. The highest BCUT2D eigenvalue weighted by Gasteiger charge is 2.09. The third-order valence-electron chi connectivity index (χ3n) is 1.87. The molecule has 0 atom stereocenters. The Morgan fingerprint density at radius 1 is 1.38 bits per heavy atom. The van der Waals surface area contributed by atoms with Crippen molar-refractivity contribution in [1.82, 2.24) is 15.4 Å². The molecular formula is C9H11N3O3S. The van der Waals surface area contributed by atoms with E-state index in [1.165, 1.54) is 19.2 Å². The van der Waals surface area contributed by atoms with Crippen LogP contribution in [0.15, 0.2) is 22.0 Å². The molecule has 1 aromatic rings. The number of thiol groups is 1. The van der Waals surface area contributed by atoms with Gasteiger partial charge in [-0.05, 0) is 13.0 Å². The summed E-state index contributed by atoms with van der Waals surface area (Å²) in [6.45, 7) is 2.80. The number of pyridine rings is 1. The number of carbonyl (C=O) groups excluding carboxylic acids is 2. The quantitative estimate of drug-likeness (QED) is 0.443. The maximum absolute atomic E-state index is 11.6. The van der Waals surface area contributed by atoms with Gasteiger partial charge >= 0.3 is 6.03 Å². The standard InChI is InChI=1S/C9H11N3O3S/c1-5-7(16)3-4-12(8(5)14)9(15)11-10-6(2)13/h3-4,16H,1-2H3,(H,10,13)(H,11,15). The van der Waals surface area contributed by atoms with Gasteiger partial charge < -0.3 is 0 Å². The van der Waals surface area contributed by atoms with Gasteiger partial charge in [0, 0.05) is 23.6 Å². The Morgan fingerprint density at radius 2 is 2.00 bits per heavy atom. The molecule has 0 bridgehead atoms. The predicted molar refractivity (Wildman–Crippen MR) is 60.4 cm³/mol. The lowest BCUT2D eigenvalue weighted by Crippen LogP contribution is -2.45. The van der Waals surface area contributed by atoms with Gasteiger partial charge in [-0.15, -0.1) is 12.6 Å². The molecule has 1 aromatic heterocycles. The van der Waals surface area contributed by atoms with Crippen LogP contribution in [0.25, 0.3) is 0 Å². The fourth-order valence-electron chi connectivity index (χ4n) is 0.990. The summed E-state index contributed by atoms with van der Waals surface area (Å²) in [5, 5.41) is 0. The van der Waals surface area contributed by atoms with Crippen LogP contribution in [0.4, 0.5) is 4.79 Å². The number of aromatic nitrogens is 1. The Morgan fingerprint density at radius 3 is 2.56 bits per heavy atom. The van der Waals surface area contributed by atoms with Gasteiger partial charge in [-0.2, -0.15) is 0 Å². The molecular weight excluding hydrogens is 230 g/mol. The van der Waals surface area contributed by atoms with Crippen molar-refractivity contribution in [3.63, 3.8) is 0 Å². The topological polar surface area (TPSA) is 80.2 Å². The molecule has 0 fully saturated rings. The van der Waals surface area contributed by atoms with E-state index in [2.05, 4.69) is 23.5 Å². The minimum atomic E-state index is -0.725. The highest BCUT2D eigenvalue weighted by Crippen LogP contribution is 2.06. The van der Waals surface area contributed by atoms with E-state index in [1.807, 2.05) is 0 Å². The summed E-state index contributed by atoms with van der Waals surface area (Å²) in [6.07, 6.45) is 1.29. The number of hydrogen-bond donors (Lipinski definition) is 3. The third-order valence-corrected chi connectivity index (χ3v) is 2.35. The van der Waals surface area contributed by atoms with Gasteiger partial charge in [0.25, 0.3) is 5.56 Å². The van der Waals surface area contributed by atoms with Crippen molar-refractivity contribution in [2.24, 2.45) is 0 Å². The van der Waals surface area contributed by atoms with E-state index in [1.54, 1.807) is 6.92 Å². The van der Waals surface area contributed by atoms with E-state index in [9.17, 15) is 14.4 Å². The van der Waals surface area contributed by atoms with Crippen LogP contribution < -0.4 is 16.4 Å². The Hall–Kier alpha value is -1.76. The summed E-state index contributed by atoms with van der Waals surface area (Å²) in [6, 6.07) is 0.796. The molecule has 0 unspecified atom stereocenters. The molecule has 1 heterocycles. The van der Waals surface area contributed by atoms with Crippen molar-refractivity contribution in [2.75, 3.05) is 0 Å². The van der Waals surface area contributed by atoms with Crippen LogP contribution in [0.3, 0.4) is 0 Å². The van der Waals surface area contributed by atoms with Gasteiger partial charge in [0.2, 0.25) is 5.91 Å². The van der Waals surface area contributed by atoms with Crippen LogP contribution in [0.5, 0.6) is 0 Å². The summed E-state index contributed by atoms with van der Waals surface area (Å²) in [4.78, 5) is 34.1. The Balaban J connectivity index is 2.97. The van der Waals surface area contributed by atoms with Crippen LogP contribution in [0.1, 0.15) is 12.5 Å². The van der Waals surface area contributed by atoms with Gasteiger partial charge in [0.15, 0.2) is 0 Å². The van der Waals surface area contributed by atoms with Crippen LogP contribution in [0, 0.1) is 6.92 Å². The van der Waals surface area contributed by atoms with Gasteiger partial charge in [0.05, 0.1) is 0 Å². The zero-order chi connectivity index (χ0) is 12.3. The van der Waals surface area contributed by atoms with Crippen molar-refractivity contribution in [3.8, 4) is 0 Å². The second-order valence-corrected chi connectivity index (χ2v) is 3.59. The largest absolute Gasteiger partial charge is 0.347 e. The van der Waals surface area contributed by atoms with E-state index >= 15 is 0 Å². The number of nitrogens with one attached hydrogen (secondary N) is 2. The zero-order valence-electron chi connectivity index (χ0n) is 8.77. The first kappa shape index (κ1) is 12.3. The van der Waals surface area contributed by atoms with E-state index in [4.69, 9.17) is 0 Å². The van der Waals surface area contributed by atoms with Gasteiger partial charge in [0.1, 0.15) is 0 Å². The molecule has 0 spiro atoms. The number of carbonyl (C=O) groups is 2. The molecule has 0 saturated carbocycles. The van der Waals surface area contributed by atoms with Crippen LogP contribution in [0.2, 0.25) is 0 Å². The molecule has 0 aliphatic heterocycles. The maximum Gasteiger partial charge on any atom is 0.347 e. The molecule has 0 saturated heterocycles. The lowest BCUT2D eigenvalue weighted by atomic mass is 10.3. The van der Waals surface area contributed by atoms with E-state index in [0.717, 1.165) is 4.57 Å². The van der Waals surface area contributed by atoms with E-state index in [-0.39, 0.29) is 0 Å². The first-order valence-corrected chi connectivity index (χ1v) is 4.86. The molecule has 2 amide bonds. The molecule has 0 radical (unpaired) electrons. The van der Waals surface area contributed by atoms with Crippen molar-refractivity contribution in [1.29, 1.82) is 0 Å². The smallest absolute Gasteiger partial charge is 0.274 e. The third kappa shape index (κ3) is 2.63. The monoisotopic (exact) mass is 241 g/mol. The summed E-state index contributed by atoms with van der Waals surface area (Å²) in [5.41, 5.74) is 4.06. The summed E-state index contributed by atoms with van der Waals surface area (Å²) in [5.74, 6) is -0.427. The maximum atomic E-state index is 11.6. The normalized spacial score (nSPS) is 9.69. The second-order valence-electron chi connectivity index (χ2n) is 3.11. The number of nitrogens with zero attached hydrogens (tertiary/aromatic N) is 1. The zero-order valence-corrected chi connectivity index (χ0v) is 9.67. The Kier molecular flexibility index (Phi) is 3.73. The Labute approximate surface area is 97.0 Å². The lowest BCUT2D eigenvalue weighted by Gasteiger charge is -2.08. The minimum absolute atomic E-state index is 0.365. The van der Waals surface area contributed by atoms with E-state index in [0.29, 0.717) is 10.5 Å². The van der Waals surface area contributed by atoms with E-state index < -0.39 is 17.5 Å². The number of amides is 2. The summed E-state index contributed by atoms with van der Waals surface area (Å²) in [7, 11) is 0. The van der Waals surface area contributed by atoms with Gasteiger partial charge in [-0.3, -0.25) is 15.0 Å². The molecule has 86 valence electrons. The molecule has 7 heteroatoms. The fraction of sp³-hybridized carbons (Fsp3) is 0.222. The van der Waals surface area contributed by atoms with Gasteiger partial charge in [-0.25, -0.2) is 14.8 Å². The molecule has 2 N–H and O–H groups in total. The lowest BCUT2D eigenvalue weighted by molar-refractivity contribution is -0.119. The first-order chi connectivity index (χ1) is 7.43. The SMILES string of the molecule is CC(=O)NNC(=O)n1ccc(S)c(C)c1=O. The molecule has 1 rings (SSSR count). The minimum Gasteiger partial charge on any atom is -0.274 e. The average molecular weight is 241 g/mol. The molecule has 6 nitrogen and oxygen atoms in total. The molecule has 0 aliphatic rings. The molecule has 16 heavy (non-hydrogen) atoms. The summed E-state index contributed by atoms with van der Waals surface area (Å²) < 4.78 is 0.852. The van der Waals surface area contributed by atoms with Crippen molar-refractivity contribution < 1.29 is 9.59 Å². The first-order valence-electron chi connectivity index (χ1n) is 4.41. The second kappa shape index (κ2) is 4.84. The number of hydrogen-bond acceptors (Lipinski definition) is 4. The van der Waals surface area contributed by atoms with Crippen LogP contribution >= 0.6 is 12.6 Å². The van der Waals surface area contributed by atoms with Gasteiger partial charge in [-0.1, -0.05) is 0 Å². The molecule has 0 aliphatic carbocycles. The highest BCUT2D eigenvalue weighted by atomic mass is 32.1. The van der Waals surface area contributed by atoms with Crippen molar-refractivity contribution in [2.45, 2.75) is 18.7 Å². The molecule has 0 aromatic carbocycles. The summed E-state index contributed by atoms with van der Waals surface area (Å²) >= 11 is 4.05.